The van der Waals surface area contributed by atoms with Gasteiger partial charge in [-0.2, -0.15) is 5.10 Å². The largest absolute Gasteiger partial charge is 0.340 e. The fraction of sp³-hybridized carbons (Fsp3) is 0.714. The van der Waals surface area contributed by atoms with Crippen molar-refractivity contribution >= 4 is 17.4 Å². The third kappa shape index (κ3) is 3.05. The van der Waals surface area contributed by atoms with Crippen LogP contribution in [0.3, 0.4) is 0 Å². The molecule has 0 aliphatic carbocycles. The summed E-state index contributed by atoms with van der Waals surface area (Å²) in [5.74, 6) is 0.848. The third-order valence-corrected chi connectivity index (χ3v) is 3.78. The molecule has 0 bridgehead atoms. The van der Waals surface area contributed by atoms with Crippen LogP contribution in [0.2, 0.25) is 0 Å². The minimum Gasteiger partial charge on any atom is -0.340 e. The van der Waals surface area contributed by atoms with Crippen LogP contribution in [0.1, 0.15) is 26.5 Å². The predicted molar refractivity (Wildman–Crippen MR) is 82.9 cm³/mol. The number of aromatic nitrogens is 2. The van der Waals surface area contributed by atoms with Gasteiger partial charge in [-0.25, -0.2) is 4.68 Å². The molecule has 1 amide bonds. The molecule has 2 heterocycles. The van der Waals surface area contributed by atoms with E-state index in [0.717, 1.165) is 6.54 Å². The smallest absolute Gasteiger partial charge is 0.334 e. The summed E-state index contributed by atoms with van der Waals surface area (Å²) in [6, 6.07) is 0. The summed E-state index contributed by atoms with van der Waals surface area (Å²) in [4.78, 5) is 26.8. The first-order valence-electron chi connectivity index (χ1n) is 7.58. The highest BCUT2D eigenvalue weighted by Crippen LogP contribution is 2.32. The average molecular weight is 309 g/mol. The maximum Gasteiger partial charge on any atom is 0.334 e. The summed E-state index contributed by atoms with van der Waals surface area (Å²) in [6.45, 7) is 8.03. The number of amides is 1. The maximum atomic E-state index is 12.3. The van der Waals surface area contributed by atoms with E-state index < -0.39 is 4.92 Å². The fourth-order valence-corrected chi connectivity index (χ4v) is 2.86. The highest BCUT2D eigenvalue weighted by molar-refractivity contribution is 5.83. The van der Waals surface area contributed by atoms with Crippen molar-refractivity contribution in [1.82, 2.24) is 14.7 Å². The van der Waals surface area contributed by atoms with E-state index in [0.29, 0.717) is 36.9 Å². The number of nitro groups is 1. The molecule has 122 valence electrons. The van der Waals surface area contributed by atoms with Crippen LogP contribution in [0.4, 0.5) is 11.5 Å². The standard InChI is InChI=1S/C14H23N5O3/c1-5-11-13(19(21)22)14(16(4)15-11)18-7-6-17(8-10(2)3)12(20)9-18/h10H,5-9H2,1-4H3. The summed E-state index contributed by atoms with van der Waals surface area (Å²) in [5, 5.41) is 15.6. The first-order chi connectivity index (χ1) is 10.3. The van der Waals surface area contributed by atoms with Crippen molar-refractivity contribution in [2.75, 3.05) is 31.1 Å². The van der Waals surface area contributed by atoms with E-state index in [-0.39, 0.29) is 18.1 Å². The van der Waals surface area contributed by atoms with Crippen LogP contribution in [0.25, 0.3) is 0 Å². The molecule has 1 aromatic rings. The molecule has 8 heteroatoms. The first-order valence-corrected chi connectivity index (χ1v) is 7.58. The van der Waals surface area contributed by atoms with Crippen LogP contribution in [-0.2, 0) is 18.3 Å². The number of anilines is 1. The van der Waals surface area contributed by atoms with Gasteiger partial charge in [0.05, 0.1) is 11.5 Å². The number of aryl methyl sites for hydroxylation is 2. The van der Waals surface area contributed by atoms with E-state index in [1.807, 2.05) is 11.8 Å². The van der Waals surface area contributed by atoms with Gasteiger partial charge < -0.3 is 9.80 Å². The van der Waals surface area contributed by atoms with Gasteiger partial charge in [0.15, 0.2) is 0 Å². The highest BCUT2D eigenvalue weighted by Gasteiger charge is 2.33. The monoisotopic (exact) mass is 309 g/mol. The van der Waals surface area contributed by atoms with E-state index >= 15 is 0 Å². The number of carbonyl (C=O) groups is 1. The lowest BCUT2D eigenvalue weighted by atomic mass is 10.2. The van der Waals surface area contributed by atoms with Crippen LogP contribution in [-0.4, -0.2) is 51.7 Å². The first kappa shape index (κ1) is 16.3. The Bertz CT molecular complexity index is 581. The Morgan fingerprint density at radius 2 is 2.05 bits per heavy atom. The number of hydrogen-bond donors (Lipinski definition) is 0. The molecular formula is C14H23N5O3. The van der Waals surface area contributed by atoms with Crippen molar-refractivity contribution in [2.24, 2.45) is 13.0 Å². The van der Waals surface area contributed by atoms with Gasteiger partial charge in [0, 0.05) is 26.7 Å². The quantitative estimate of drug-likeness (QED) is 0.602. The van der Waals surface area contributed by atoms with Crippen LogP contribution in [0, 0.1) is 16.0 Å². The van der Waals surface area contributed by atoms with E-state index in [2.05, 4.69) is 18.9 Å². The van der Waals surface area contributed by atoms with Gasteiger partial charge >= 0.3 is 5.69 Å². The van der Waals surface area contributed by atoms with E-state index in [1.54, 1.807) is 11.9 Å². The lowest BCUT2D eigenvalue weighted by molar-refractivity contribution is -0.384. The lowest BCUT2D eigenvalue weighted by Gasteiger charge is -2.35. The summed E-state index contributed by atoms with van der Waals surface area (Å²) >= 11 is 0. The SMILES string of the molecule is CCc1nn(C)c(N2CCN(CC(C)C)C(=O)C2)c1[N+](=O)[O-]. The summed E-state index contributed by atoms with van der Waals surface area (Å²) in [7, 11) is 1.69. The second kappa shape index (κ2) is 6.33. The fourth-order valence-electron chi connectivity index (χ4n) is 2.86. The maximum absolute atomic E-state index is 12.3. The zero-order valence-corrected chi connectivity index (χ0v) is 13.6. The van der Waals surface area contributed by atoms with Crippen molar-refractivity contribution in [1.29, 1.82) is 0 Å². The van der Waals surface area contributed by atoms with Crippen LogP contribution in [0.15, 0.2) is 0 Å². The summed E-state index contributed by atoms with van der Waals surface area (Å²) in [5.41, 5.74) is 0.481. The molecule has 1 fully saturated rings. The van der Waals surface area contributed by atoms with E-state index in [4.69, 9.17) is 0 Å². The minimum absolute atomic E-state index is 0.00787. The Labute approximate surface area is 129 Å². The van der Waals surface area contributed by atoms with Crippen LogP contribution < -0.4 is 4.90 Å². The van der Waals surface area contributed by atoms with Crippen molar-refractivity contribution in [2.45, 2.75) is 27.2 Å². The molecule has 8 nitrogen and oxygen atoms in total. The Kier molecular flexibility index (Phi) is 4.68. The van der Waals surface area contributed by atoms with Gasteiger partial charge in [0.25, 0.3) is 0 Å². The molecule has 0 radical (unpaired) electrons. The second-order valence-corrected chi connectivity index (χ2v) is 6.01. The topological polar surface area (TPSA) is 84.5 Å². The predicted octanol–water partition coefficient (Wildman–Crippen LogP) is 1.20. The van der Waals surface area contributed by atoms with Gasteiger partial charge in [0.1, 0.15) is 5.69 Å². The summed E-state index contributed by atoms with van der Waals surface area (Å²) in [6.07, 6.45) is 0.491. The molecule has 0 saturated carbocycles. The van der Waals surface area contributed by atoms with Crippen molar-refractivity contribution in [3.63, 3.8) is 0 Å². The number of hydrogen-bond acceptors (Lipinski definition) is 5. The number of piperazine rings is 1. The normalized spacial score (nSPS) is 15.8. The highest BCUT2D eigenvalue weighted by atomic mass is 16.6. The van der Waals surface area contributed by atoms with Crippen LogP contribution in [0.5, 0.6) is 0 Å². The molecule has 0 aromatic carbocycles. The Morgan fingerprint density at radius 1 is 1.36 bits per heavy atom. The Hall–Kier alpha value is -2.12. The van der Waals surface area contributed by atoms with Crippen LogP contribution >= 0.6 is 0 Å². The number of nitrogens with zero attached hydrogens (tertiary/aromatic N) is 5. The van der Waals surface area contributed by atoms with Crippen molar-refractivity contribution < 1.29 is 9.72 Å². The van der Waals surface area contributed by atoms with Gasteiger partial charge in [-0.05, 0) is 12.3 Å². The molecule has 0 atom stereocenters. The molecular weight excluding hydrogens is 286 g/mol. The van der Waals surface area contributed by atoms with Gasteiger partial charge in [-0.3, -0.25) is 14.9 Å². The van der Waals surface area contributed by atoms with Crippen molar-refractivity contribution in [3.05, 3.63) is 15.8 Å². The molecule has 0 unspecified atom stereocenters. The Morgan fingerprint density at radius 3 is 2.55 bits per heavy atom. The molecule has 0 N–H and O–H groups in total. The zero-order chi connectivity index (χ0) is 16.4. The molecule has 1 aromatic heterocycles. The molecule has 0 spiro atoms. The van der Waals surface area contributed by atoms with Gasteiger partial charge in [-0.1, -0.05) is 20.8 Å². The van der Waals surface area contributed by atoms with E-state index in [1.165, 1.54) is 4.68 Å². The summed E-state index contributed by atoms with van der Waals surface area (Å²) < 4.78 is 1.52. The van der Waals surface area contributed by atoms with E-state index in [9.17, 15) is 14.9 Å². The van der Waals surface area contributed by atoms with Gasteiger partial charge in [0.2, 0.25) is 11.7 Å². The molecule has 2 rings (SSSR count). The number of carbonyl (C=O) groups excluding carboxylic acids is 1. The Balaban J connectivity index is 2.26. The third-order valence-electron chi connectivity index (χ3n) is 3.78. The van der Waals surface area contributed by atoms with Crippen molar-refractivity contribution in [3.8, 4) is 0 Å². The lowest BCUT2D eigenvalue weighted by Crippen LogP contribution is -2.51. The molecule has 1 saturated heterocycles. The molecule has 22 heavy (non-hydrogen) atoms. The average Bonchev–Trinajstić information content (AvgIpc) is 2.77. The molecule has 1 aliphatic heterocycles. The molecule has 1 aliphatic rings. The minimum atomic E-state index is -0.397. The second-order valence-electron chi connectivity index (χ2n) is 6.01. The zero-order valence-electron chi connectivity index (χ0n) is 13.6. The number of rotatable bonds is 5. The van der Waals surface area contributed by atoms with Gasteiger partial charge in [-0.15, -0.1) is 0 Å².